The van der Waals surface area contributed by atoms with Crippen LogP contribution in [0.15, 0.2) is 47.4 Å². The summed E-state index contributed by atoms with van der Waals surface area (Å²) in [7, 11) is -3.41. The fraction of sp³-hybridized carbons (Fsp3) is 0.333. The molecule has 0 amide bonds. The molecule has 94 valence electrons. The van der Waals surface area contributed by atoms with Gasteiger partial charge in [0.1, 0.15) is 0 Å². The van der Waals surface area contributed by atoms with Gasteiger partial charge in [0.15, 0.2) is 0 Å². The zero-order chi connectivity index (χ0) is 12.7. The Kier molecular flexibility index (Phi) is 5.34. The van der Waals surface area contributed by atoms with Crippen molar-refractivity contribution in [1.82, 2.24) is 4.72 Å². The van der Waals surface area contributed by atoms with Crippen molar-refractivity contribution < 1.29 is 13.2 Å². The summed E-state index contributed by atoms with van der Waals surface area (Å²) >= 11 is 0. The first kappa shape index (κ1) is 13.9. The van der Waals surface area contributed by atoms with Crippen LogP contribution in [-0.2, 0) is 14.8 Å². The summed E-state index contributed by atoms with van der Waals surface area (Å²) in [6, 6.07) is 8.25. The monoisotopic (exact) mass is 255 g/mol. The Morgan fingerprint density at radius 3 is 2.59 bits per heavy atom. The Bertz CT molecular complexity index is 454. The highest BCUT2D eigenvalue weighted by molar-refractivity contribution is 7.89. The lowest BCUT2D eigenvalue weighted by molar-refractivity contribution is 0.162. The molecule has 1 rings (SSSR count). The number of sulfonamides is 1. The lowest BCUT2D eigenvalue weighted by Gasteiger charge is -2.07. The van der Waals surface area contributed by atoms with Gasteiger partial charge in [0.25, 0.3) is 0 Å². The number of nitrogens with one attached hydrogen (secondary N) is 1. The predicted molar refractivity (Wildman–Crippen MR) is 67.3 cm³/mol. The summed E-state index contributed by atoms with van der Waals surface area (Å²) in [5.74, 6) is 0. The third-order valence-corrected chi connectivity index (χ3v) is 3.42. The Hall–Kier alpha value is -1.17. The van der Waals surface area contributed by atoms with Crippen LogP contribution in [0.3, 0.4) is 0 Å². The number of hydrogen-bond acceptors (Lipinski definition) is 3. The maximum atomic E-state index is 11.7. The van der Waals surface area contributed by atoms with Crippen molar-refractivity contribution >= 4 is 10.0 Å². The molecule has 0 aliphatic carbocycles. The first-order valence-electron chi connectivity index (χ1n) is 5.29. The third kappa shape index (κ3) is 5.12. The third-order valence-electron chi connectivity index (χ3n) is 1.94. The zero-order valence-electron chi connectivity index (χ0n) is 9.85. The van der Waals surface area contributed by atoms with E-state index in [0.717, 1.165) is 5.57 Å². The molecule has 0 atom stereocenters. The van der Waals surface area contributed by atoms with E-state index < -0.39 is 10.0 Å². The topological polar surface area (TPSA) is 55.4 Å². The molecule has 0 heterocycles. The van der Waals surface area contributed by atoms with Crippen LogP contribution in [0, 0.1) is 0 Å². The number of ether oxygens (including phenoxy) is 1. The summed E-state index contributed by atoms with van der Waals surface area (Å²) in [4.78, 5) is 0.264. The summed E-state index contributed by atoms with van der Waals surface area (Å²) in [5, 5.41) is 0. The van der Waals surface area contributed by atoms with Gasteiger partial charge in [-0.2, -0.15) is 0 Å². The average molecular weight is 255 g/mol. The van der Waals surface area contributed by atoms with E-state index in [1.807, 2.05) is 6.92 Å². The van der Waals surface area contributed by atoms with E-state index in [1.165, 1.54) is 0 Å². The molecule has 0 aliphatic heterocycles. The van der Waals surface area contributed by atoms with E-state index in [9.17, 15) is 8.42 Å². The van der Waals surface area contributed by atoms with Gasteiger partial charge >= 0.3 is 0 Å². The van der Waals surface area contributed by atoms with Gasteiger partial charge in [-0.25, -0.2) is 13.1 Å². The Labute approximate surface area is 102 Å². The van der Waals surface area contributed by atoms with Crippen LogP contribution in [0.25, 0.3) is 0 Å². The molecule has 5 heteroatoms. The molecule has 17 heavy (non-hydrogen) atoms. The van der Waals surface area contributed by atoms with Crippen molar-refractivity contribution in [2.75, 3.05) is 19.8 Å². The van der Waals surface area contributed by atoms with Gasteiger partial charge in [0.2, 0.25) is 10.0 Å². The predicted octanol–water partition coefficient (Wildman–Crippen LogP) is 1.56. The van der Waals surface area contributed by atoms with Gasteiger partial charge in [-0.3, -0.25) is 0 Å². The first-order chi connectivity index (χ1) is 8.02. The number of hydrogen-bond donors (Lipinski definition) is 1. The first-order valence-corrected chi connectivity index (χ1v) is 6.77. The molecule has 0 aliphatic rings. The van der Waals surface area contributed by atoms with Gasteiger partial charge < -0.3 is 4.74 Å². The van der Waals surface area contributed by atoms with Gasteiger partial charge in [-0.15, -0.1) is 0 Å². The lowest BCUT2D eigenvalue weighted by Crippen LogP contribution is -2.27. The molecule has 0 unspecified atom stereocenters. The second-order valence-electron chi connectivity index (χ2n) is 3.72. The average Bonchev–Trinajstić information content (AvgIpc) is 2.29. The van der Waals surface area contributed by atoms with Crippen LogP contribution < -0.4 is 4.72 Å². The van der Waals surface area contributed by atoms with Crippen LogP contribution in [0.2, 0.25) is 0 Å². The van der Waals surface area contributed by atoms with Crippen molar-refractivity contribution in [2.45, 2.75) is 11.8 Å². The maximum Gasteiger partial charge on any atom is 0.240 e. The molecule has 0 saturated carbocycles. The van der Waals surface area contributed by atoms with Gasteiger partial charge in [0.05, 0.1) is 18.1 Å². The molecule has 0 aromatic heterocycles. The van der Waals surface area contributed by atoms with Crippen LogP contribution in [-0.4, -0.2) is 28.2 Å². The zero-order valence-corrected chi connectivity index (χ0v) is 10.7. The van der Waals surface area contributed by atoms with E-state index >= 15 is 0 Å². The highest BCUT2D eigenvalue weighted by Crippen LogP contribution is 2.06. The molecule has 0 fully saturated rings. The van der Waals surface area contributed by atoms with Crippen LogP contribution in [0.1, 0.15) is 6.92 Å². The fourth-order valence-corrected chi connectivity index (χ4v) is 2.21. The highest BCUT2D eigenvalue weighted by Gasteiger charge is 2.11. The Balaban J connectivity index is 2.39. The Morgan fingerprint density at radius 1 is 1.35 bits per heavy atom. The van der Waals surface area contributed by atoms with E-state index in [4.69, 9.17) is 4.74 Å². The summed E-state index contributed by atoms with van der Waals surface area (Å²) in [6.07, 6.45) is 0. The molecule has 4 nitrogen and oxygen atoms in total. The van der Waals surface area contributed by atoms with Crippen molar-refractivity contribution in [2.24, 2.45) is 0 Å². The van der Waals surface area contributed by atoms with Crippen LogP contribution in [0.4, 0.5) is 0 Å². The number of benzene rings is 1. The molecule has 1 N–H and O–H groups in total. The van der Waals surface area contributed by atoms with E-state index in [-0.39, 0.29) is 11.4 Å². The second kappa shape index (κ2) is 6.54. The summed E-state index contributed by atoms with van der Waals surface area (Å²) < 4.78 is 31.2. The molecule has 0 spiro atoms. The van der Waals surface area contributed by atoms with Crippen molar-refractivity contribution in [3.63, 3.8) is 0 Å². The smallest absolute Gasteiger partial charge is 0.240 e. The molecule has 1 aromatic rings. The lowest BCUT2D eigenvalue weighted by atomic mass is 10.4. The quantitative estimate of drug-likeness (QED) is 0.594. The van der Waals surface area contributed by atoms with Gasteiger partial charge in [-0.05, 0) is 19.1 Å². The van der Waals surface area contributed by atoms with Crippen LogP contribution >= 0.6 is 0 Å². The summed E-state index contributed by atoms with van der Waals surface area (Å²) in [6.45, 7) is 6.58. The molecular weight excluding hydrogens is 238 g/mol. The van der Waals surface area contributed by atoms with Crippen molar-refractivity contribution in [1.29, 1.82) is 0 Å². The minimum absolute atomic E-state index is 0.254. The maximum absolute atomic E-state index is 11.7. The minimum atomic E-state index is -3.41. The SMILES string of the molecule is C=C(C)COCCNS(=O)(=O)c1ccccc1. The summed E-state index contributed by atoms with van der Waals surface area (Å²) in [5.41, 5.74) is 0.913. The highest BCUT2D eigenvalue weighted by atomic mass is 32.2. The second-order valence-corrected chi connectivity index (χ2v) is 5.49. The number of rotatable bonds is 7. The van der Waals surface area contributed by atoms with E-state index in [1.54, 1.807) is 30.3 Å². The molecule has 0 bridgehead atoms. The van der Waals surface area contributed by atoms with Crippen molar-refractivity contribution in [3.8, 4) is 0 Å². The molecular formula is C12H17NO3S. The molecule has 0 saturated heterocycles. The van der Waals surface area contributed by atoms with Gasteiger partial charge in [-0.1, -0.05) is 30.4 Å². The largest absolute Gasteiger partial charge is 0.376 e. The van der Waals surface area contributed by atoms with Gasteiger partial charge in [0, 0.05) is 6.54 Å². The van der Waals surface area contributed by atoms with E-state index in [2.05, 4.69) is 11.3 Å². The van der Waals surface area contributed by atoms with Crippen molar-refractivity contribution in [3.05, 3.63) is 42.5 Å². The molecule has 1 aromatic carbocycles. The molecule has 0 radical (unpaired) electrons. The van der Waals surface area contributed by atoms with E-state index in [0.29, 0.717) is 13.2 Å². The Morgan fingerprint density at radius 2 is 2.00 bits per heavy atom. The standard InChI is InChI=1S/C12H17NO3S/c1-11(2)10-16-9-8-13-17(14,15)12-6-4-3-5-7-12/h3-7,13H,1,8-10H2,2H3. The van der Waals surface area contributed by atoms with Crippen LogP contribution in [0.5, 0.6) is 0 Å². The fourth-order valence-electron chi connectivity index (χ4n) is 1.18. The normalized spacial score (nSPS) is 11.4. The minimum Gasteiger partial charge on any atom is -0.376 e.